The third-order valence-corrected chi connectivity index (χ3v) is 6.07. The molecule has 0 radical (unpaired) electrons. The van der Waals surface area contributed by atoms with Gasteiger partial charge in [-0.2, -0.15) is 5.10 Å². The Balaban J connectivity index is 1.41. The average molecular weight is 396 g/mol. The number of rotatable bonds is 4. The summed E-state index contributed by atoms with van der Waals surface area (Å²) in [6, 6.07) is 5.55. The van der Waals surface area contributed by atoms with Crippen LogP contribution in [0.25, 0.3) is 5.82 Å². The molecule has 7 nitrogen and oxygen atoms in total. The zero-order chi connectivity index (χ0) is 20.4. The van der Waals surface area contributed by atoms with Crippen molar-refractivity contribution in [2.45, 2.75) is 70.9 Å². The van der Waals surface area contributed by atoms with Crippen molar-refractivity contribution in [3.8, 4) is 5.82 Å². The van der Waals surface area contributed by atoms with E-state index in [4.69, 9.17) is 0 Å². The number of nitrogens with one attached hydrogen (secondary N) is 1. The number of aryl methyl sites for hydroxylation is 2. The zero-order valence-electron chi connectivity index (χ0n) is 17.2. The lowest BCUT2D eigenvalue weighted by atomic mass is 9.89. The predicted octanol–water partition coefficient (Wildman–Crippen LogP) is 3.00. The van der Waals surface area contributed by atoms with Crippen LogP contribution in [-0.2, 0) is 4.79 Å². The average Bonchev–Trinajstić information content (AvgIpc) is 3.08. The van der Waals surface area contributed by atoms with Gasteiger partial charge in [-0.05, 0) is 70.9 Å². The number of carbonyl (C=O) groups is 1. The molecule has 154 valence electrons. The van der Waals surface area contributed by atoms with Gasteiger partial charge in [0.2, 0.25) is 5.91 Å². The highest BCUT2D eigenvalue weighted by Crippen LogP contribution is 2.28. The van der Waals surface area contributed by atoms with Gasteiger partial charge >= 0.3 is 0 Å². The van der Waals surface area contributed by atoms with E-state index in [-0.39, 0.29) is 29.5 Å². The lowest BCUT2D eigenvalue weighted by Crippen LogP contribution is -2.42. The molecule has 1 fully saturated rings. The highest BCUT2D eigenvalue weighted by Gasteiger charge is 2.27. The number of hydrogen-bond donors (Lipinski definition) is 1. The molecule has 0 aromatic carbocycles. The summed E-state index contributed by atoms with van der Waals surface area (Å²) in [6.07, 6.45) is 10.5. The second-order valence-corrected chi connectivity index (χ2v) is 8.31. The first-order valence-corrected chi connectivity index (χ1v) is 10.6. The number of allylic oxidation sites excluding steroid dienone is 2. The molecule has 1 amide bonds. The normalized spacial score (nSPS) is 24.4. The van der Waals surface area contributed by atoms with Gasteiger partial charge in [0.15, 0.2) is 5.82 Å². The number of carbonyl (C=O) groups excluding carboxylic acids is 1. The molecule has 4 rings (SSSR count). The van der Waals surface area contributed by atoms with Gasteiger partial charge in [0, 0.05) is 23.7 Å². The summed E-state index contributed by atoms with van der Waals surface area (Å²) >= 11 is 0. The van der Waals surface area contributed by atoms with Crippen molar-refractivity contribution >= 4 is 5.91 Å². The lowest BCUT2D eigenvalue weighted by Gasteiger charge is -2.31. The Bertz CT molecular complexity index is 966. The Hall–Kier alpha value is -2.70. The fraction of sp³-hybridized carbons (Fsp3) is 0.545. The Morgan fingerprint density at radius 2 is 1.86 bits per heavy atom. The van der Waals surface area contributed by atoms with E-state index in [1.807, 2.05) is 19.9 Å². The third kappa shape index (κ3) is 4.33. The Labute approximate surface area is 170 Å². The maximum Gasteiger partial charge on any atom is 0.267 e. The molecule has 0 spiro atoms. The molecule has 2 aromatic rings. The Morgan fingerprint density at radius 1 is 1.07 bits per heavy atom. The van der Waals surface area contributed by atoms with Gasteiger partial charge in [0.25, 0.3) is 5.56 Å². The minimum atomic E-state index is -0.0863. The second kappa shape index (κ2) is 8.35. The van der Waals surface area contributed by atoms with Crippen LogP contribution in [0.5, 0.6) is 0 Å². The summed E-state index contributed by atoms with van der Waals surface area (Å²) in [7, 11) is 0. The monoisotopic (exact) mass is 395 g/mol. The van der Waals surface area contributed by atoms with Crippen molar-refractivity contribution in [1.82, 2.24) is 24.9 Å². The van der Waals surface area contributed by atoms with E-state index in [9.17, 15) is 9.59 Å². The van der Waals surface area contributed by atoms with Gasteiger partial charge in [-0.3, -0.25) is 9.59 Å². The van der Waals surface area contributed by atoms with Crippen molar-refractivity contribution in [2.24, 2.45) is 5.92 Å². The Kier molecular flexibility index (Phi) is 5.65. The SMILES string of the molecule is Cc1cc(C)n(-c2ccc(=O)n(C3CCC(NC(=O)C4CC=CCC4)CC3)n2)n1. The minimum Gasteiger partial charge on any atom is -0.353 e. The fourth-order valence-corrected chi connectivity index (χ4v) is 4.47. The molecule has 1 unspecified atom stereocenters. The molecular formula is C22H29N5O2. The first-order valence-electron chi connectivity index (χ1n) is 10.6. The molecule has 2 aliphatic rings. The molecule has 7 heteroatoms. The van der Waals surface area contributed by atoms with Crippen molar-refractivity contribution < 1.29 is 4.79 Å². The summed E-state index contributed by atoms with van der Waals surface area (Å²) in [5, 5.41) is 12.3. The lowest BCUT2D eigenvalue weighted by molar-refractivity contribution is -0.126. The van der Waals surface area contributed by atoms with E-state index < -0.39 is 0 Å². The van der Waals surface area contributed by atoms with Crippen LogP contribution in [0.1, 0.15) is 62.4 Å². The fourth-order valence-electron chi connectivity index (χ4n) is 4.47. The van der Waals surface area contributed by atoms with E-state index >= 15 is 0 Å². The van der Waals surface area contributed by atoms with E-state index in [1.165, 1.54) is 0 Å². The van der Waals surface area contributed by atoms with E-state index in [1.54, 1.807) is 21.5 Å². The molecule has 2 aromatic heterocycles. The van der Waals surface area contributed by atoms with E-state index in [0.717, 1.165) is 56.3 Å². The van der Waals surface area contributed by atoms with Crippen LogP contribution < -0.4 is 10.9 Å². The van der Waals surface area contributed by atoms with Crippen molar-refractivity contribution in [3.63, 3.8) is 0 Å². The maximum atomic E-state index is 12.5. The smallest absolute Gasteiger partial charge is 0.267 e. The summed E-state index contributed by atoms with van der Waals surface area (Å²) in [5.74, 6) is 0.954. The van der Waals surface area contributed by atoms with Gasteiger partial charge in [0.1, 0.15) is 0 Å². The summed E-state index contributed by atoms with van der Waals surface area (Å²) in [6.45, 7) is 3.92. The van der Waals surface area contributed by atoms with Gasteiger partial charge in [-0.25, -0.2) is 9.36 Å². The molecule has 0 bridgehead atoms. The van der Waals surface area contributed by atoms with Crippen molar-refractivity contribution in [2.75, 3.05) is 0 Å². The van der Waals surface area contributed by atoms with E-state index in [2.05, 4.69) is 27.7 Å². The highest BCUT2D eigenvalue weighted by molar-refractivity contribution is 5.79. The molecule has 0 saturated heterocycles. The summed E-state index contributed by atoms with van der Waals surface area (Å²) in [4.78, 5) is 24.9. The van der Waals surface area contributed by atoms with Gasteiger partial charge in [-0.1, -0.05) is 12.2 Å². The predicted molar refractivity (Wildman–Crippen MR) is 111 cm³/mol. The molecule has 29 heavy (non-hydrogen) atoms. The summed E-state index contributed by atoms with van der Waals surface area (Å²) < 4.78 is 3.38. The Morgan fingerprint density at radius 3 is 2.52 bits per heavy atom. The second-order valence-electron chi connectivity index (χ2n) is 8.31. The van der Waals surface area contributed by atoms with Gasteiger partial charge < -0.3 is 5.32 Å². The number of hydrogen-bond acceptors (Lipinski definition) is 4. The van der Waals surface area contributed by atoms with Crippen LogP contribution in [-0.4, -0.2) is 31.5 Å². The van der Waals surface area contributed by atoms with Gasteiger partial charge in [-0.15, -0.1) is 5.10 Å². The first-order chi connectivity index (χ1) is 14.0. The molecule has 2 aliphatic carbocycles. The first kappa shape index (κ1) is 19.6. The highest BCUT2D eigenvalue weighted by atomic mass is 16.2. The van der Waals surface area contributed by atoms with Crippen LogP contribution in [0, 0.1) is 19.8 Å². The molecule has 1 saturated carbocycles. The van der Waals surface area contributed by atoms with Crippen molar-refractivity contribution in [1.29, 1.82) is 0 Å². The molecule has 2 heterocycles. The van der Waals surface area contributed by atoms with Crippen LogP contribution >= 0.6 is 0 Å². The maximum absolute atomic E-state index is 12.5. The topological polar surface area (TPSA) is 81.8 Å². The van der Waals surface area contributed by atoms with Crippen LogP contribution in [0.15, 0.2) is 35.1 Å². The number of amides is 1. The molecule has 0 aliphatic heterocycles. The number of aromatic nitrogens is 4. The summed E-state index contributed by atoms with van der Waals surface area (Å²) in [5.41, 5.74) is 1.83. The zero-order valence-corrected chi connectivity index (χ0v) is 17.2. The molecule has 1 atom stereocenters. The minimum absolute atomic E-state index is 0.0604. The quantitative estimate of drug-likeness (QED) is 0.807. The third-order valence-electron chi connectivity index (χ3n) is 6.07. The molecular weight excluding hydrogens is 366 g/mol. The largest absolute Gasteiger partial charge is 0.353 e. The van der Waals surface area contributed by atoms with Crippen LogP contribution in [0.3, 0.4) is 0 Å². The van der Waals surface area contributed by atoms with Crippen LogP contribution in [0.4, 0.5) is 0 Å². The van der Waals surface area contributed by atoms with Crippen molar-refractivity contribution in [3.05, 3.63) is 52.1 Å². The van der Waals surface area contributed by atoms with E-state index in [0.29, 0.717) is 5.82 Å². The van der Waals surface area contributed by atoms with Crippen LogP contribution in [0.2, 0.25) is 0 Å². The number of nitrogens with zero attached hydrogens (tertiary/aromatic N) is 4. The van der Waals surface area contributed by atoms with Gasteiger partial charge in [0.05, 0.1) is 11.7 Å². The standard InChI is InChI=1S/C22H29N5O2/c1-15-14-16(2)26(24-15)20-12-13-21(28)27(25-20)19-10-8-18(9-11-19)23-22(29)17-6-4-3-5-7-17/h3-4,12-14,17-19H,5-11H2,1-2H3,(H,23,29). The molecule has 1 N–H and O–H groups in total.